The maximum absolute atomic E-state index is 4.56. The molecule has 0 aliphatic carbocycles. The molecular formula is C22H28N4. The fraction of sp³-hybridized carbons (Fsp3) is 0.364. The summed E-state index contributed by atoms with van der Waals surface area (Å²) in [5.41, 5.74) is 3.58. The standard InChI is InChI=1S/C22H28N4/c1-3-15-25(16-4-2)22-21(17-19-11-7-5-8-12-19)23-24-26(22)18-20-13-9-6-10-14-20/h5-14H,3-4,15-18H2,1-2H3. The van der Waals surface area contributed by atoms with Crippen molar-refractivity contribution in [2.75, 3.05) is 18.0 Å². The van der Waals surface area contributed by atoms with Crippen molar-refractivity contribution in [1.82, 2.24) is 15.0 Å². The molecule has 3 aromatic rings. The largest absolute Gasteiger partial charge is 0.355 e. The normalized spacial score (nSPS) is 10.8. The molecule has 1 heterocycles. The van der Waals surface area contributed by atoms with Crippen LogP contribution in [-0.2, 0) is 13.0 Å². The third-order valence-corrected chi connectivity index (χ3v) is 4.45. The summed E-state index contributed by atoms with van der Waals surface area (Å²) >= 11 is 0. The van der Waals surface area contributed by atoms with E-state index in [1.54, 1.807) is 0 Å². The minimum absolute atomic E-state index is 0.752. The smallest absolute Gasteiger partial charge is 0.151 e. The van der Waals surface area contributed by atoms with Crippen molar-refractivity contribution in [2.45, 2.75) is 39.7 Å². The second-order valence-corrected chi connectivity index (χ2v) is 6.65. The van der Waals surface area contributed by atoms with Crippen LogP contribution in [0, 0.1) is 0 Å². The molecule has 0 aliphatic heterocycles. The lowest BCUT2D eigenvalue weighted by atomic mass is 10.1. The number of hydrogen-bond acceptors (Lipinski definition) is 3. The van der Waals surface area contributed by atoms with E-state index >= 15 is 0 Å². The van der Waals surface area contributed by atoms with E-state index in [-0.39, 0.29) is 0 Å². The summed E-state index contributed by atoms with van der Waals surface area (Å²) in [7, 11) is 0. The van der Waals surface area contributed by atoms with Gasteiger partial charge in [0, 0.05) is 19.5 Å². The van der Waals surface area contributed by atoms with Gasteiger partial charge >= 0.3 is 0 Å². The summed E-state index contributed by atoms with van der Waals surface area (Å²) in [6.45, 7) is 7.26. The minimum atomic E-state index is 0.752. The Morgan fingerprint density at radius 1 is 0.808 bits per heavy atom. The van der Waals surface area contributed by atoms with Crippen molar-refractivity contribution in [3.05, 3.63) is 77.5 Å². The average Bonchev–Trinajstić information content (AvgIpc) is 3.05. The lowest BCUT2D eigenvalue weighted by molar-refractivity contribution is 0.622. The average molecular weight is 348 g/mol. The second kappa shape index (κ2) is 9.18. The first-order valence-corrected chi connectivity index (χ1v) is 9.57. The van der Waals surface area contributed by atoms with Crippen molar-refractivity contribution in [2.24, 2.45) is 0 Å². The molecule has 0 spiro atoms. The zero-order valence-corrected chi connectivity index (χ0v) is 15.8. The molecule has 4 heteroatoms. The summed E-state index contributed by atoms with van der Waals surface area (Å²) in [4.78, 5) is 2.45. The molecule has 0 saturated heterocycles. The lowest BCUT2D eigenvalue weighted by Crippen LogP contribution is -2.28. The van der Waals surface area contributed by atoms with E-state index in [9.17, 15) is 0 Å². The Morgan fingerprint density at radius 2 is 1.38 bits per heavy atom. The number of benzene rings is 2. The molecule has 2 aromatic carbocycles. The van der Waals surface area contributed by atoms with Crippen molar-refractivity contribution in [3.8, 4) is 0 Å². The molecule has 3 rings (SSSR count). The first-order chi connectivity index (χ1) is 12.8. The number of hydrogen-bond donors (Lipinski definition) is 0. The van der Waals surface area contributed by atoms with E-state index in [1.165, 1.54) is 16.9 Å². The Kier molecular flexibility index (Phi) is 6.42. The molecule has 4 nitrogen and oxygen atoms in total. The quantitative estimate of drug-likeness (QED) is 0.569. The zero-order valence-electron chi connectivity index (χ0n) is 15.8. The number of anilines is 1. The molecule has 0 atom stereocenters. The highest BCUT2D eigenvalue weighted by Crippen LogP contribution is 2.23. The van der Waals surface area contributed by atoms with Gasteiger partial charge in [-0.15, -0.1) is 5.10 Å². The molecule has 0 saturated carbocycles. The first-order valence-electron chi connectivity index (χ1n) is 9.57. The molecule has 0 N–H and O–H groups in total. The van der Waals surface area contributed by atoms with Crippen molar-refractivity contribution >= 4 is 5.82 Å². The van der Waals surface area contributed by atoms with E-state index in [0.717, 1.165) is 44.6 Å². The molecule has 0 bridgehead atoms. The third kappa shape index (κ3) is 4.51. The number of rotatable bonds is 9. The zero-order chi connectivity index (χ0) is 18.2. The van der Waals surface area contributed by atoms with Crippen LogP contribution in [0.5, 0.6) is 0 Å². The molecule has 0 unspecified atom stereocenters. The van der Waals surface area contributed by atoms with Crippen LogP contribution in [0.4, 0.5) is 5.82 Å². The molecular weight excluding hydrogens is 320 g/mol. The van der Waals surface area contributed by atoms with Crippen LogP contribution in [0.3, 0.4) is 0 Å². The molecule has 136 valence electrons. The third-order valence-electron chi connectivity index (χ3n) is 4.45. The second-order valence-electron chi connectivity index (χ2n) is 6.65. The molecule has 0 radical (unpaired) electrons. The van der Waals surface area contributed by atoms with Crippen LogP contribution in [-0.4, -0.2) is 28.1 Å². The fourth-order valence-corrected chi connectivity index (χ4v) is 3.32. The van der Waals surface area contributed by atoms with Crippen molar-refractivity contribution in [3.63, 3.8) is 0 Å². The fourth-order valence-electron chi connectivity index (χ4n) is 3.32. The van der Waals surface area contributed by atoms with Crippen LogP contribution >= 0.6 is 0 Å². The molecule has 0 aliphatic rings. The maximum Gasteiger partial charge on any atom is 0.151 e. The number of nitrogens with zero attached hydrogens (tertiary/aromatic N) is 4. The summed E-state index contributed by atoms with van der Waals surface area (Å²) in [5, 5.41) is 9.08. The van der Waals surface area contributed by atoms with E-state index in [4.69, 9.17) is 0 Å². The first kappa shape index (κ1) is 18.2. The van der Waals surface area contributed by atoms with Gasteiger partial charge in [0.2, 0.25) is 0 Å². The minimum Gasteiger partial charge on any atom is -0.355 e. The molecule has 0 fully saturated rings. The van der Waals surface area contributed by atoms with E-state index in [2.05, 4.69) is 88.3 Å². The maximum atomic E-state index is 4.56. The Bertz CT molecular complexity index is 715. The number of aromatic nitrogens is 3. The van der Waals surface area contributed by atoms with Gasteiger partial charge in [-0.2, -0.15) is 0 Å². The van der Waals surface area contributed by atoms with Gasteiger partial charge in [0.15, 0.2) is 5.82 Å². The Balaban J connectivity index is 1.95. The van der Waals surface area contributed by atoms with Crippen LogP contribution in [0.15, 0.2) is 60.7 Å². The lowest BCUT2D eigenvalue weighted by Gasteiger charge is -2.25. The Morgan fingerprint density at radius 3 is 1.96 bits per heavy atom. The van der Waals surface area contributed by atoms with Crippen molar-refractivity contribution < 1.29 is 0 Å². The highest BCUT2D eigenvalue weighted by atomic mass is 15.5. The summed E-state index contributed by atoms with van der Waals surface area (Å²) < 4.78 is 2.07. The van der Waals surface area contributed by atoms with E-state index < -0.39 is 0 Å². The van der Waals surface area contributed by atoms with E-state index in [1.807, 2.05) is 6.07 Å². The van der Waals surface area contributed by atoms with Gasteiger partial charge in [0.25, 0.3) is 0 Å². The molecule has 1 aromatic heterocycles. The van der Waals surface area contributed by atoms with Crippen molar-refractivity contribution in [1.29, 1.82) is 0 Å². The van der Waals surface area contributed by atoms with Crippen LogP contribution < -0.4 is 4.90 Å². The van der Waals surface area contributed by atoms with Gasteiger partial charge in [0.1, 0.15) is 5.69 Å². The van der Waals surface area contributed by atoms with Gasteiger partial charge < -0.3 is 4.90 Å². The topological polar surface area (TPSA) is 34.0 Å². The van der Waals surface area contributed by atoms with Gasteiger partial charge in [-0.1, -0.05) is 79.7 Å². The monoisotopic (exact) mass is 348 g/mol. The summed E-state index contributed by atoms with van der Waals surface area (Å²) in [6.07, 6.45) is 3.04. The van der Waals surface area contributed by atoms with Gasteiger partial charge in [0.05, 0.1) is 6.54 Å². The SMILES string of the molecule is CCCN(CCC)c1c(Cc2ccccc2)nnn1Cc1ccccc1. The summed E-state index contributed by atoms with van der Waals surface area (Å²) in [5.74, 6) is 1.17. The van der Waals surface area contributed by atoms with Crippen LogP contribution in [0.25, 0.3) is 0 Å². The van der Waals surface area contributed by atoms with E-state index in [0.29, 0.717) is 0 Å². The van der Waals surface area contributed by atoms with Crippen LogP contribution in [0.1, 0.15) is 43.5 Å². The van der Waals surface area contributed by atoms with Gasteiger partial charge in [-0.05, 0) is 24.0 Å². The van der Waals surface area contributed by atoms with Gasteiger partial charge in [-0.25, -0.2) is 4.68 Å². The highest BCUT2D eigenvalue weighted by molar-refractivity contribution is 5.46. The Labute approximate surface area is 156 Å². The Hall–Kier alpha value is -2.62. The molecule has 26 heavy (non-hydrogen) atoms. The highest BCUT2D eigenvalue weighted by Gasteiger charge is 2.19. The molecule has 0 amide bonds. The van der Waals surface area contributed by atoms with Gasteiger partial charge in [-0.3, -0.25) is 0 Å². The predicted octanol–water partition coefficient (Wildman–Crippen LogP) is 4.54. The summed E-state index contributed by atoms with van der Waals surface area (Å²) in [6, 6.07) is 21.0. The predicted molar refractivity (Wildman–Crippen MR) is 108 cm³/mol. The van der Waals surface area contributed by atoms with Crippen LogP contribution in [0.2, 0.25) is 0 Å².